The summed E-state index contributed by atoms with van der Waals surface area (Å²) in [5.41, 5.74) is 0.733. The van der Waals surface area contributed by atoms with E-state index in [9.17, 15) is 0 Å². The maximum atomic E-state index is 4.01. The molecule has 3 nitrogen and oxygen atoms in total. The summed E-state index contributed by atoms with van der Waals surface area (Å²) in [5, 5.41) is 0. The maximum Gasteiger partial charge on any atom is 0.224 e. The van der Waals surface area contributed by atoms with Gasteiger partial charge in [0.2, 0.25) is 5.96 Å². The molecule has 0 unspecified atom stereocenters. The van der Waals surface area contributed by atoms with Crippen LogP contribution in [0.4, 0.5) is 0 Å². The van der Waals surface area contributed by atoms with Crippen LogP contribution in [0, 0.1) is 0 Å². The summed E-state index contributed by atoms with van der Waals surface area (Å²) in [4.78, 5) is 9.49. The standard InChI is InChI=1S/C7H13N3.C2H6/c1-6(2)9-7(8-3)10(4)5;1-2/h1,3H2,2,4-5H3;1-2H3. The predicted octanol–water partition coefficient (Wildman–Crippen LogP) is 2.16. The molecule has 0 spiro atoms. The smallest absolute Gasteiger partial charge is 0.224 e. The molecule has 0 N–H and O–H groups in total. The SMILES string of the molecule is C=NC(=NC(=C)C)N(C)C.CC. The van der Waals surface area contributed by atoms with Crippen molar-refractivity contribution in [2.24, 2.45) is 9.98 Å². The minimum atomic E-state index is 0.590. The van der Waals surface area contributed by atoms with Crippen molar-refractivity contribution in [3.63, 3.8) is 0 Å². The molecule has 0 aromatic carbocycles. The molecule has 0 fully saturated rings. The molecule has 0 saturated heterocycles. The Morgan fingerprint density at radius 1 is 1.25 bits per heavy atom. The topological polar surface area (TPSA) is 28.0 Å². The number of guanidine groups is 1. The van der Waals surface area contributed by atoms with Gasteiger partial charge in [0, 0.05) is 19.8 Å². The molecule has 3 heteroatoms. The number of rotatable bonds is 1. The van der Waals surface area contributed by atoms with Crippen LogP contribution in [0.1, 0.15) is 20.8 Å². The van der Waals surface area contributed by atoms with E-state index in [4.69, 9.17) is 0 Å². The van der Waals surface area contributed by atoms with Crippen molar-refractivity contribution in [1.82, 2.24) is 4.90 Å². The van der Waals surface area contributed by atoms with Gasteiger partial charge in [-0.1, -0.05) is 20.4 Å². The second-order valence-corrected chi connectivity index (χ2v) is 2.20. The minimum Gasteiger partial charge on any atom is -0.347 e. The largest absolute Gasteiger partial charge is 0.347 e. The molecule has 0 saturated carbocycles. The molecular formula is C9H19N3. The molecule has 0 radical (unpaired) electrons. The molecule has 12 heavy (non-hydrogen) atoms. The van der Waals surface area contributed by atoms with E-state index in [1.807, 2.05) is 34.9 Å². The first-order valence-corrected chi connectivity index (χ1v) is 3.96. The maximum absolute atomic E-state index is 4.01. The molecule has 0 heterocycles. The zero-order valence-corrected chi connectivity index (χ0v) is 8.76. The molecule has 0 aromatic heterocycles. The van der Waals surface area contributed by atoms with Crippen molar-refractivity contribution in [2.45, 2.75) is 20.8 Å². The van der Waals surface area contributed by atoms with Crippen molar-refractivity contribution in [3.05, 3.63) is 12.3 Å². The number of hydrogen-bond donors (Lipinski definition) is 0. The molecule has 0 rings (SSSR count). The van der Waals surface area contributed by atoms with E-state index in [-0.39, 0.29) is 0 Å². The van der Waals surface area contributed by atoms with Gasteiger partial charge in [0.1, 0.15) is 0 Å². The lowest BCUT2D eigenvalue weighted by atomic mass is 10.6. The Balaban J connectivity index is 0. The quantitative estimate of drug-likeness (QED) is 0.436. The molecule has 0 aliphatic carbocycles. The Hall–Kier alpha value is -1.12. The van der Waals surface area contributed by atoms with Crippen LogP contribution in [-0.4, -0.2) is 31.7 Å². The van der Waals surface area contributed by atoms with E-state index in [1.165, 1.54) is 0 Å². The van der Waals surface area contributed by atoms with E-state index in [1.54, 1.807) is 4.90 Å². The fraction of sp³-hybridized carbons (Fsp3) is 0.556. The lowest BCUT2D eigenvalue weighted by Crippen LogP contribution is -2.19. The highest BCUT2D eigenvalue weighted by atomic mass is 15.2. The summed E-state index contributed by atoms with van der Waals surface area (Å²) in [7, 11) is 3.72. The van der Waals surface area contributed by atoms with Crippen LogP contribution < -0.4 is 0 Å². The van der Waals surface area contributed by atoms with E-state index in [0.717, 1.165) is 5.70 Å². The Morgan fingerprint density at radius 3 is 1.75 bits per heavy atom. The third-order valence-electron chi connectivity index (χ3n) is 0.832. The highest BCUT2D eigenvalue weighted by molar-refractivity contribution is 5.84. The molecule has 0 bridgehead atoms. The molecule has 0 atom stereocenters. The fourth-order valence-corrected chi connectivity index (χ4v) is 0.447. The first-order valence-electron chi connectivity index (χ1n) is 3.96. The van der Waals surface area contributed by atoms with E-state index >= 15 is 0 Å². The van der Waals surface area contributed by atoms with Crippen LogP contribution in [0.5, 0.6) is 0 Å². The number of allylic oxidation sites excluding steroid dienone is 1. The van der Waals surface area contributed by atoms with Crippen LogP contribution in [0.2, 0.25) is 0 Å². The second-order valence-electron chi connectivity index (χ2n) is 2.20. The van der Waals surface area contributed by atoms with Crippen LogP contribution in [-0.2, 0) is 0 Å². The Bertz CT molecular complexity index is 169. The minimum absolute atomic E-state index is 0.590. The predicted molar refractivity (Wildman–Crippen MR) is 56.8 cm³/mol. The van der Waals surface area contributed by atoms with Crippen LogP contribution in [0.3, 0.4) is 0 Å². The van der Waals surface area contributed by atoms with Gasteiger partial charge in [-0.15, -0.1) is 0 Å². The number of aliphatic imine (C=N–C) groups is 2. The summed E-state index contributed by atoms with van der Waals surface area (Å²) in [6.45, 7) is 12.8. The lowest BCUT2D eigenvalue weighted by Gasteiger charge is -2.09. The monoisotopic (exact) mass is 169 g/mol. The third-order valence-corrected chi connectivity index (χ3v) is 0.832. The highest BCUT2D eigenvalue weighted by Crippen LogP contribution is 1.93. The van der Waals surface area contributed by atoms with Gasteiger partial charge >= 0.3 is 0 Å². The van der Waals surface area contributed by atoms with Gasteiger partial charge in [-0.3, -0.25) is 0 Å². The van der Waals surface area contributed by atoms with Crippen molar-refractivity contribution in [1.29, 1.82) is 0 Å². The normalized spacial score (nSPS) is 9.58. The second kappa shape index (κ2) is 7.98. The Morgan fingerprint density at radius 2 is 1.67 bits per heavy atom. The summed E-state index contributed by atoms with van der Waals surface area (Å²) in [5.74, 6) is 0.590. The van der Waals surface area contributed by atoms with Gasteiger partial charge in [0.15, 0.2) is 0 Å². The van der Waals surface area contributed by atoms with E-state index in [2.05, 4.69) is 23.3 Å². The molecular weight excluding hydrogens is 150 g/mol. The van der Waals surface area contributed by atoms with Crippen LogP contribution in [0.25, 0.3) is 0 Å². The van der Waals surface area contributed by atoms with Gasteiger partial charge in [-0.2, -0.15) is 0 Å². The average molecular weight is 169 g/mol. The summed E-state index contributed by atoms with van der Waals surface area (Å²) in [6.07, 6.45) is 0. The number of hydrogen-bond acceptors (Lipinski definition) is 1. The van der Waals surface area contributed by atoms with Crippen LogP contribution in [0.15, 0.2) is 22.3 Å². The Kier molecular flexibility index (Phi) is 8.96. The molecule has 70 valence electrons. The zero-order chi connectivity index (χ0) is 10.1. The first kappa shape index (κ1) is 13.5. The van der Waals surface area contributed by atoms with Crippen molar-refractivity contribution in [3.8, 4) is 0 Å². The average Bonchev–Trinajstić information content (AvgIpc) is 2.03. The third kappa shape index (κ3) is 6.99. The molecule has 0 aliphatic rings. The van der Waals surface area contributed by atoms with Crippen molar-refractivity contribution >= 4 is 12.7 Å². The van der Waals surface area contributed by atoms with Crippen LogP contribution >= 0.6 is 0 Å². The van der Waals surface area contributed by atoms with Gasteiger partial charge in [-0.25, -0.2) is 9.98 Å². The fourth-order valence-electron chi connectivity index (χ4n) is 0.447. The molecule has 0 aliphatic heterocycles. The summed E-state index contributed by atoms with van der Waals surface area (Å²) < 4.78 is 0. The summed E-state index contributed by atoms with van der Waals surface area (Å²) >= 11 is 0. The summed E-state index contributed by atoms with van der Waals surface area (Å²) in [6, 6.07) is 0. The lowest BCUT2D eigenvalue weighted by molar-refractivity contribution is 0.614. The van der Waals surface area contributed by atoms with Crippen molar-refractivity contribution in [2.75, 3.05) is 14.1 Å². The molecule has 0 aromatic rings. The number of nitrogens with zero attached hydrogens (tertiary/aromatic N) is 3. The highest BCUT2D eigenvalue weighted by Gasteiger charge is 1.94. The van der Waals surface area contributed by atoms with Gasteiger partial charge < -0.3 is 4.90 Å². The van der Waals surface area contributed by atoms with Gasteiger partial charge in [0.25, 0.3) is 0 Å². The van der Waals surface area contributed by atoms with E-state index < -0.39 is 0 Å². The van der Waals surface area contributed by atoms with Crippen molar-refractivity contribution < 1.29 is 0 Å². The first-order chi connectivity index (χ1) is 5.57. The zero-order valence-electron chi connectivity index (χ0n) is 8.76. The molecule has 0 amide bonds. The van der Waals surface area contributed by atoms with Gasteiger partial charge in [-0.05, 0) is 13.6 Å². The van der Waals surface area contributed by atoms with E-state index in [0.29, 0.717) is 5.96 Å². The van der Waals surface area contributed by atoms with Gasteiger partial charge in [0.05, 0.1) is 0 Å². The Labute approximate surface area is 75.5 Å².